The summed E-state index contributed by atoms with van der Waals surface area (Å²) in [6.45, 7) is 5.46. The smallest absolute Gasteiger partial charge is 0.236 e. The second-order valence-electron chi connectivity index (χ2n) is 2.91. The molecule has 64 valence electrons. The van der Waals surface area contributed by atoms with Gasteiger partial charge in [0.2, 0.25) is 5.91 Å². The van der Waals surface area contributed by atoms with E-state index in [-0.39, 0.29) is 5.91 Å². The Bertz CT molecular complexity index is 136. The van der Waals surface area contributed by atoms with Crippen molar-refractivity contribution in [1.29, 1.82) is 0 Å². The molecule has 1 aliphatic heterocycles. The molecule has 1 N–H and O–H groups in total. The Morgan fingerprint density at radius 1 is 1.64 bits per heavy atom. The third-order valence-corrected chi connectivity index (χ3v) is 1.97. The molecular weight excluding hydrogens is 140 g/mol. The highest BCUT2D eigenvalue weighted by molar-refractivity contribution is 5.78. The van der Waals surface area contributed by atoms with Crippen molar-refractivity contribution in [3.05, 3.63) is 0 Å². The first-order valence-electron chi connectivity index (χ1n) is 4.33. The topological polar surface area (TPSA) is 32.3 Å². The number of carbonyl (C=O) groups is 1. The van der Waals surface area contributed by atoms with Crippen molar-refractivity contribution in [3.63, 3.8) is 0 Å². The van der Waals surface area contributed by atoms with Gasteiger partial charge in [0, 0.05) is 19.6 Å². The van der Waals surface area contributed by atoms with Crippen LogP contribution in [0.4, 0.5) is 0 Å². The predicted octanol–water partition coefficient (Wildman–Crippen LogP) is 0.218. The molecule has 0 aromatic rings. The van der Waals surface area contributed by atoms with Crippen molar-refractivity contribution < 1.29 is 4.79 Å². The van der Waals surface area contributed by atoms with Gasteiger partial charge < -0.3 is 10.2 Å². The van der Waals surface area contributed by atoms with Gasteiger partial charge in [0.25, 0.3) is 0 Å². The Morgan fingerprint density at radius 3 is 3.09 bits per heavy atom. The van der Waals surface area contributed by atoms with Gasteiger partial charge in [-0.25, -0.2) is 0 Å². The number of nitrogens with zero attached hydrogens (tertiary/aromatic N) is 1. The van der Waals surface area contributed by atoms with E-state index in [2.05, 4.69) is 12.2 Å². The van der Waals surface area contributed by atoms with Gasteiger partial charge in [-0.3, -0.25) is 4.79 Å². The lowest BCUT2D eigenvalue weighted by atomic mass is 10.3. The Labute approximate surface area is 67.8 Å². The van der Waals surface area contributed by atoms with E-state index in [1.807, 2.05) is 4.90 Å². The fourth-order valence-corrected chi connectivity index (χ4v) is 1.23. The molecule has 0 unspecified atom stereocenters. The number of hydrogen-bond acceptors (Lipinski definition) is 2. The lowest BCUT2D eigenvalue weighted by molar-refractivity contribution is -0.131. The van der Waals surface area contributed by atoms with Gasteiger partial charge in [-0.1, -0.05) is 13.3 Å². The highest BCUT2D eigenvalue weighted by Gasteiger charge is 2.15. The van der Waals surface area contributed by atoms with E-state index in [0.717, 1.165) is 32.5 Å². The average Bonchev–Trinajstić information content (AvgIpc) is 2.03. The molecule has 0 aromatic heterocycles. The number of piperazine rings is 1. The first-order chi connectivity index (χ1) is 5.34. The molecule has 0 aromatic carbocycles. The van der Waals surface area contributed by atoms with Crippen LogP contribution in [0.3, 0.4) is 0 Å². The normalized spacial score (nSPS) is 19.0. The summed E-state index contributed by atoms with van der Waals surface area (Å²) in [4.78, 5) is 13.1. The molecule has 0 bridgehead atoms. The van der Waals surface area contributed by atoms with Crippen molar-refractivity contribution in [2.75, 3.05) is 26.2 Å². The predicted molar refractivity (Wildman–Crippen MR) is 44.4 cm³/mol. The van der Waals surface area contributed by atoms with E-state index in [1.54, 1.807) is 0 Å². The van der Waals surface area contributed by atoms with Crippen molar-refractivity contribution in [1.82, 2.24) is 10.2 Å². The van der Waals surface area contributed by atoms with Gasteiger partial charge in [-0.2, -0.15) is 0 Å². The van der Waals surface area contributed by atoms with Gasteiger partial charge in [0.15, 0.2) is 0 Å². The van der Waals surface area contributed by atoms with Gasteiger partial charge in [0.1, 0.15) is 0 Å². The SMILES string of the molecule is CCCCN1CCNCC1=O. The summed E-state index contributed by atoms with van der Waals surface area (Å²) in [7, 11) is 0. The third-order valence-electron chi connectivity index (χ3n) is 1.97. The molecule has 0 atom stereocenters. The van der Waals surface area contributed by atoms with Crippen LogP contribution in [0.1, 0.15) is 19.8 Å². The first kappa shape index (κ1) is 8.53. The number of rotatable bonds is 3. The second-order valence-corrected chi connectivity index (χ2v) is 2.91. The Morgan fingerprint density at radius 2 is 2.45 bits per heavy atom. The molecule has 0 spiro atoms. The van der Waals surface area contributed by atoms with Crippen LogP contribution in [0.15, 0.2) is 0 Å². The second kappa shape index (κ2) is 4.34. The first-order valence-corrected chi connectivity index (χ1v) is 4.33. The summed E-state index contributed by atoms with van der Waals surface area (Å²) in [6, 6.07) is 0. The maximum absolute atomic E-state index is 11.2. The van der Waals surface area contributed by atoms with E-state index in [1.165, 1.54) is 0 Å². The van der Waals surface area contributed by atoms with Crippen LogP contribution >= 0.6 is 0 Å². The molecule has 1 amide bonds. The summed E-state index contributed by atoms with van der Waals surface area (Å²) in [5.41, 5.74) is 0. The molecule has 11 heavy (non-hydrogen) atoms. The standard InChI is InChI=1S/C8H16N2O/c1-2-3-5-10-6-4-9-7-8(10)11/h9H,2-7H2,1H3. The highest BCUT2D eigenvalue weighted by atomic mass is 16.2. The van der Waals surface area contributed by atoms with Gasteiger partial charge in [0.05, 0.1) is 6.54 Å². The zero-order valence-corrected chi connectivity index (χ0v) is 7.10. The molecule has 3 nitrogen and oxygen atoms in total. The summed E-state index contributed by atoms with van der Waals surface area (Å²) in [6.07, 6.45) is 2.29. The summed E-state index contributed by atoms with van der Waals surface area (Å²) in [5.74, 6) is 0.254. The summed E-state index contributed by atoms with van der Waals surface area (Å²) < 4.78 is 0. The minimum atomic E-state index is 0.254. The van der Waals surface area contributed by atoms with Crippen molar-refractivity contribution in [2.24, 2.45) is 0 Å². The number of hydrogen-bond donors (Lipinski definition) is 1. The molecule has 1 fully saturated rings. The monoisotopic (exact) mass is 156 g/mol. The maximum atomic E-state index is 11.2. The fourth-order valence-electron chi connectivity index (χ4n) is 1.23. The lowest BCUT2D eigenvalue weighted by Crippen LogP contribution is -2.48. The van der Waals surface area contributed by atoms with Gasteiger partial charge >= 0.3 is 0 Å². The largest absolute Gasteiger partial charge is 0.340 e. The quantitative estimate of drug-likeness (QED) is 0.634. The summed E-state index contributed by atoms with van der Waals surface area (Å²) in [5, 5.41) is 3.05. The summed E-state index contributed by atoms with van der Waals surface area (Å²) >= 11 is 0. The Hall–Kier alpha value is -0.570. The number of amides is 1. The highest BCUT2D eigenvalue weighted by Crippen LogP contribution is 1.97. The molecule has 1 rings (SSSR count). The van der Waals surface area contributed by atoms with Crippen molar-refractivity contribution in [2.45, 2.75) is 19.8 Å². The third kappa shape index (κ3) is 2.50. The average molecular weight is 156 g/mol. The van der Waals surface area contributed by atoms with Crippen molar-refractivity contribution in [3.8, 4) is 0 Å². The minimum absolute atomic E-state index is 0.254. The number of nitrogens with one attached hydrogen (secondary N) is 1. The van der Waals surface area contributed by atoms with Crippen molar-refractivity contribution >= 4 is 5.91 Å². The fraction of sp³-hybridized carbons (Fsp3) is 0.875. The molecule has 0 radical (unpaired) electrons. The van der Waals surface area contributed by atoms with Crippen LogP contribution in [0.5, 0.6) is 0 Å². The Balaban J connectivity index is 2.24. The lowest BCUT2D eigenvalue weighted by Gasteiger charge is -2.27. The molecule has 1 aliphatic rings. The van der Waals surface area contributed by atoms with Crippen LogP contribution < -0.4 is 5.32 Å². The molecule has 0 saturated carbocycles. The Kier molecular flexibility index (Phi) is 3.36. The molecule has 1 saturated heterocycles. The van der Waals surface area contributed by atoms with Gasteiger partial charge in [-0.15, -0.1) is 0 Å². The van der Waals surface area contributed by atoms with E-state index in [4.69, 9.17) is 0 Å². The zero-order chi connectivity index (χ0) is 8.10. The zero-order valence-electron chi connectivity index (χ0n) is 7.10. The van der Waals surface area contributed by atoms with E-state index >= 15 is 0 Å². The van der Waals surface area contributed by atoms with E-state index < -0.39 is 0 Å². The molecule has 3 heteroatoms. The molecule has 1 heterocycles. The van der Waals surface area contributed by atoms with Crippen LogP contribution in [0.25, 0.3) is 0 Å². The van der Waals surface area contributed by atoms with E-state index in [9.17, 15) is 4.79 Å². The molecule has 0 aliphatic carbocycles. The number of unbranched alkanes of at least 4 members (excludes halogenated alkanes) is 1. The van der Waals surface area contributed by atoms with Gasteiger partial charge in [-0.05, 0) is 6.42 Å². The van der Waals surface area contributed by atoms with Crippen LogP contribution in [0, 0.1) is 0 Å². The van der Waals surface area contributed by atoms with E-state index in [0.29, 0.717) is 6.54 Å². The number of carbonyl (C=O) groups excluding carboxylic acids is 1. The van der Waals surface area contributed by atoms with Crippen LogP contribution in [0.2, 0.25) is 0 Å². The van der Waals surface area contributed by atoms with Crippen LogP contribution in [-0.2, 0) is 4.79 Å². The molecular formula is C8H16N2O. The minimum Gasteiger partial charge on any atom is -0.340 e. The maximum Gasteiger partial charge on any atom is 0.236 e. The van der Waals surface area contributed by atoms with Crippen LogP contribution in [-0.4, -0.2) is 37.0 Å².